The molecule has 146 valence electrons. The van der Waals surface area contributed by atoms with E-state index in [-0.39, 0.29) is 0 Å². The summed E-state index contributed by atoms with van der Waals surface area (Å²) in [5.74, 6) is 2.18. The van der Waals surface area contributed by atoms with Gasteiger partial charge in [-0.05, 0) is 36.6 Å². The summed E-state index contributed by atoms with van der Waals surface area (Å²) in [4.78, 5) is 10.8. The number of morpholine rings is 1. The van der Waals surface area contributed by atoms with Crippen LogP contribution in [-0.4, -0.2) is 54.3 Å². The van der Waals surface area contributed by atoms with Crippen molar-refractivity contribution >= 4 is 11.5 Å². The normalized spacial score (nSPS) is 15.1. The van der Waals surface area contributed by atoms with E-state index in [1.807, 2.05) is 12.1 Å². The van der Waals surface area contributed by atoms with Crippen LogP contribution in [0.5, 0.6) is 11.6 Å². The topological polar surface area (TPSA) is 85.5 Å². The van der Waals surface area contributed by atoms with Gasteiger partial charge < -0.3 is 20.5 Å². The van der Waals surface area contributed by atoms with Gasteiger partial charge in [-0.15, -0.1) is 0 Å². The first-order chi connectivity index (χ1) is 13.1. The van der Waals surface area contributed by atoms with Gasteiger partial charge in [0.2, 0.25) is 5.88 Å². The van der Waals surface area contributed by atoms with E-state index in [1.165, 1.54) is 11.9 Å². The standard InChI is InChI=1S/C20H29N5O2/c1-15(2)16-4-6-17(7-5-16)27-20-18(21)19(23-14-24-20)22-8-3-9-25-10-12-26-13-11-25/h4-7,14-15H,3,8-13,21H2,1-2H3,(H,22,23,24). The van der Waals surface area contributed by atoms with Crippen LogP contribution >= 0.6 is 0 Å². The van der Waals surface area contributed by atoms with E-state index in [4.69, 9.17) is 15.2 Å². The van der Waals surface area contributed by atoms with Gasteiger partial charge in [0.05, 0.1) is 13.2 Å². The van der Waals surface area contributed by atoms with Crippen LogP contribution in [0.25, 0.3) is 0 Å². The number of nitrogens with one attached hydrogen (secondary N) is 1. The fraction of sp³-hybridized carbons (Fsp3) is 0.500. The summed E-state index contributed by atoms with van der Waals surface area (Å²) in [6.07, 6.45) is 2.48. The molecule has 3 rings (SSSR count). The molecule has 7 nitrogen and oxygen atoms in total. The van der Waals surface area contributed by atoms with E-state index >= 15 is 0 Å². The van der Waals surface area contributed by atoms with E-state index in [0.717, 1.165) is 45.8 Å². The van der Waals surface area contributed by atoms with Gasteiger partial charge in [0.15, 0.2) is 5.82 Å². The SMILES string of the molecule is CC(C)c1ccc(Oc2ncnc(NCCCN3CCOCC3)c2N)cc1. The van der Waals surface area contributed by atoms with E-state index < -0.39 is 0 Å². The maximum Gasteiger partial charge on any atom is 0.248 e. The van der Waals surface area contributed by atoms with Crippen molar-refractivity contribution in [2.75, 3.05) is 50.4 Å². The fourth-order valence-corrected chi connectivity index (χ4v) is 2.97. The van der Waals surface area contributed by atoms with Gasteiger partial charge in [-0.3, -0.25) is 4.90 Å². The highest BCUT2D eigenvalue weighted by Crippen LogP contribution is 2.29. The van der Waals surface area contributed by atoms with Gasteiger partial charge in [-0.1, -0.05) is 26.0 Å². The molecule has 0 bridgehead atoms. The summed E-state index contributed by atoms with van der Waals surface area (Å²) in [7, 11) is 0. The Hall–Kier alpha value is -2.38. The Kier molecular flexibility index (Phi) is 6.84. The van der Waals surface area contributed by atoms with Gasteiger partial charge in [0.1, 0.15) is 17.8 Å². The first-order valence-electron chi connectivity index (χ1n) is 9.55. The quantitative estimate of drug-likeness (QED) is 0.690. The van der Waals surface area contributed by atoms with Crippen LogP contribution < -0.4 is 15.8 Å². The van der Waals surface area contributed by atoms with Crippen molar-refractivity contribution in [3.8, 4) is 11.6 Å². The monoisotopic (exact) mass is 371 g/mol. The predicted octanol–water partition coefficient (Wildman–Crippen LogP) is 3.11. The summed E-state index contributed by atoms with van der Waals surface area (Å²) in [6.45, 7) is 9.81. The van der Waals surface area contributed by atoms with Gasteiger partial charge in [0, 0.05) is 19.6 Å². The Morgan fingerprint density at radius 1 is 1.19 bits per heavy atom. The molecule has 1 aliphatic heterocycles. The first-order valence-corrected chi connectivity index (χ1v) is 9.55. The molecule has 27 heavy (non-hydrogen) atoms. The molecular formula is C20H29N5O2. The first kappa shape index (κ1) is 19.4. The van der Waals surface area contributed by atoms with Crippen LogP contribution in [0.15, 0.2) is 30.6 Å². The van der Waals surface area contributed by atoms with Crippen molar-refractivity contribution in [3.63, 3.8) is 0 Å². The Morgan fingerprint density at radius 2 is 1.93 bits per heavy atom. The number of hydrogen-bond donors (Lipinski definition) is 2. The number of aromatic nitrogens is 2. The van der Waals surface area contributed by atoms with Crippen molar-refractivity contribution in [1.29, 1.82) is 0 Å². The third kappa shape index (κ3) is 5.55. The minimum Gasteiger partial charge on any atom is -0.437 e. The molecule has 1 aliphatic rings. The number of anilines is 2. The second-order valence-corrected chi connectivity index (χ2v) is 7.00. The molecule has 1 fully saturated rings. The molecule has 0 amide bonds. The van der Waals surface area contributed by atoms with E-state index in [1.54, 1.807) is 0 Å². The number of nitrogens with zero attached hydrogens (tertiary/aromatic N) is 3. The highest BCUT2D eigenvalue weighted by Gasteiger charge is 2.12. The van der Waals surface area contributed by atoms with Gasteiger partial charge >= 0.3 is 0 Å². The predicted molar refractivity (Wildman–Crippen MR) is 107 cm³/mol. The van der Waals surface area contributed by atoms with Crippen molar-refractivity contribution < 1.29 is 9.47 Å². The number of rotatable bonds is 8. The lowest BCUT2D eigenvalue weighted by atomic mass is 10.0. The maximum atomic E-state index is 6.19. The summed E-state index contributed by atoms with van der Waals surface area (Å²) in [5.41, 5.74) is 7.89. The largest absolute Gasteiger partial charge is 0.437 e. The van der Waals surface area contributed by atoms with Gasteiger partial charge in [-0.2, -0.15) is 4.98 Å². The van der Waals surface area contributed by atoms with Gasteiger partial charge in [0.25, 0.3) is 0 Å². The Morgan fingerprint density at radius 3 is 2.63 bits per heavy atom. The van der Waals surface area contributed by atoms with Crippen molar-refractivity contribution in [1.82, 2.24) is 14.9 Å². The van der Waals surface area contributed by atoms with Crippen LogP contribution in [0.1, 0.15) is 31.7 Å². The molecule has 1 aromatic carbocycles. The maximum absolute atomic E-state index is 6.19. The highest BCUT2D eigenvalue weighted by molar-refractivity contribution is 5.66. The van der Waals surface area contributed by atoms with Crippen LogP contribution in [0.2, 0.25) is 0 Å². The lowest BCUT2D eigenvalue weighted by Crippen LogP contribution is -2.37. The lowest BCUT2D eigenvalue weighted by molar-refractivity contribution is 0.0378. The number of nitrogens with two attached hydrogens (primary N) is 1. The second-order valence-electron chi connectivity index (χ2n) is 7.00. The molecule has 2 heterocycles. The number of benzene rings is 1. The average Bonchev–Trinajstić information content (AvgIpc) is 2.69. The van der Waals surface area contributed by atoms with E-state index in [0.29, 0.717) is 29.1 Å². The molecule has 1 saturated heterocycles. The Bertz CT molecular complexity index is 715. The summed E-state index contributed by atoms with van der Waals surface area (Å²) < 4.78 is 11.2. The molecule has 0 spiro atoms. The minimum atomic E-state index is 0.373. The van der Waals surface area contributed by atoms with Crippen LogP contribution in [0.4, 0.5) is 11.5 Å². The molecule has 1 aromatic heterocycles. The number of hydrogen-bond acceptors (Lipinski definition) is 7. The zero-order valence-electron chi connectivity index (χ0n) is 16.1. The lowest BCUT2D eigenvalue weighted by Gasteiger charge is -2.26. The zero-order chi connectivity index (χ0) is 19.1. The molecule has 0 unspecified atom stereocenters. The highest BCUT2D eigenvalue weighted by atomic mass is 16.5. The van der Waals surface area contributed by atoms with Crippen LogP contribution in [0.3, 0.4) is 0 Å². The average molecular weight is 371 g/mol. The fourth-order valence-electron chi connectivity index (χ4n) is 2.97. The minimum absolute atomic E-state index is 0.373. The smallest absolute Gasteiger partial charge is 0.248 e. The second kappa shape index (κ2) is 9.53. The van der Waals surface area contributed by atoms with Crippen molar-refractivity contribution in [2.24, 2.45) is 0 Å². The van der Waals surface area contributed by atoms with Crippen molar-refractivity contribution in [2.45, 2.75) is 26.2 Å². The molecule has 0 radical (unpaired) electrons. The summed E-state index contributed by atoms with van der Waals surface area (Å²) >= 11 is 0. The van der Waals surface area contributed by atoms with E-state index in [2.05, 4.69) is 46.2 Å². The number of ether oxygens (including phenoxy) is 2. The molecule has 2 aromatic rings. The third-order valence-electron chi connectivity index (χ3n) is 4.66. The molecular weight excluding hydrogens is 342 g/mol. The molecule has 0 atom stereocenters. The van der Waals surface area contributed by atoms with Crippen molar-refractivity contribution in [3.05, 3.63) is 36.2 Å². The molecule has 0 aliphatic carbocycles. The Balaban J connectivity index is 1.53. The van der Waals surface area contributed by atoms with Crippen LogP contribution in [0, 0.1) is 0 Å². The van der Waals surface area contributed by atoms with E-state index in [9.17, 15) is 0 Å². The molecule has 7 heteroatoms. The number of nitrogen functional groups attached to an aromatic ring is 1. The summed E-state index contributed by atoms with van der Waals surface area (Å²) in [6, 6.07) is 7.99. The zero-order valence-corrected chi connectivity index (χ0v) is 16.1. The third-order valence-corrected chi connectivity index (χ3v) is 4.66. The Labute approximate surface area is 160 Å². The van der Waals surface area contributed by atoms with Crippen LogP contribution in [-0.2, 0) is 4.74 Å². The van der Waals surface area contributed by atoms with Gasteiger partial charge in [-0.25, -0.2) is 4.98 Å². The molecule has 3 N–H and O–H groups in total. The molecule has 0 saturated carbocycles. The summed E-state index contributed by atoms with van der Waals surface area (Å²) in [5, 5.41) is 3.29.